The summed E-state index contributed by atoms with van der Waals surface area (Å²) >= 11 is 0. The molecule has 1 aromatic carbocycles. The summed E-state index contributed by atoms with van der Waals surface area (Å²) in [5, 5.41) is 2.75. The van der Waals surface area contributed by atoms with Crippen molar-refractivity contribution in [1.29, 1.82) is 0 Å². The molecule has 0 saturated heterocycles. The number of hydrogen-bond acceptors (Lipinski definition) is 3. The predicted molar refractivity (Wildman–Crippen MR) is 87.7 cm³/mol. The zero-order chi connectivity index (χ0) is 17.0. The minimum absolute atomic E-state index is 0.138. The van der Waals surface area contributed by atoms with E-state index in [1.165, 1.54) is 0 Å². The summed E-state index contributed by atoms with van der Waals surface area (Å²) in [6.45, 7) is 5.02. The van der Waals surface area contributed by atoms with Crippen molar-refractivity contribution < 1.29 is 14.4 Å². The predicted octanol–water partition coefficient (Wildman–Crippen LogP) is 1.62. The van der Waals surface area contributed by atoms with Gasteiger partial charge >= 0.3 is 0 Å². The lowest BCUT2D eigenvalue weighted by Crippen LogP contribution is -2.35. The van der Waals surface area contributed by atoms with Gasteiger partial charge in [0.05, 0.1) is 0 Å². The molecule has 1 fully saturated rings. The van der Waals surface area contributed by atoms with Gasteiger partial charge < -0.3 is 16.0 Å². The van der Waals surface area contributed by atoms with Crippen LogP contribution in [-0.2, 0) is 9.59 Å². The smallest absolute Gasteiger partial charge is 0.248 e. The number of carbonyl (C=O) groups is 3. The number of anilines is 1. The molecule has 1 aliphatic rings. The molecular weight excluding hydrogens is 294 g/mol. The molecule has 0 spiro atoms. The van der Waals surface area contributed by atoms with E-state index >= 15 is 0 Å². The number of benzene rings is 1. The van der Waals surface area contributed by atoms with E-state index in [1.54, 1.807) is 29.2 Å². The molecule has 2 atom stereocenters. The summed E-state index contributed by atoms with van der Waals surface area (Å²) in [7, 11) is 0. The van der Waals surface area contributed by atoms with Gasteiger partial charge in [-0.15, -0.1) is 0 Å². The molecule has 0 bridgehead atoms. The number of nitrogens with one attached hydrogen (secondary N) is 1. The van der Waals surface area contributed by atoms with Crippen LogP contribution in [0.1, 0.15) is 37.0 Å². The SMILES string of the molecule is CCN(CCC(=O)Nc1ccc(C(N)=O)cc1)C(=O)[C@@H]1C[C@@H]1C. The highest BCUT2D eigenvalue weighted by atomic mass is 16.2. The van der Waals surface area contributed by atoms with Gasteiger partial charge in [0.1, 0.15) is 0 Å². The van der Waals surface area contributed by atoms with Gasteiger partial charge in [-0.2, -0.15) is 0 Å². The summed E-state index contributed by atoms with van der Waals surface area (Å²) in [5.41, 5.74) is 6.16. The molecular formula is C17H23N3O3. The first-order chi connectivity index (χ1) is 10.9. The molecule has 0 aromatic heterocycles. The van der Waals surface area contributed by atoms with Crippen molar-refractivity contribution in [2.45, 2.75) is 26.7 Å². The van der Waals surface area contributed by atoms with Gasteiger partial charge in [-0.25, -0.2) is 0 Å². The Hall–Kier alpha value is -2.37. The van der Waals surface area contributed by atoms with Crippen LogP contribution in [0.4, 0.5) is 5.69 Å². The Morgan fingerprint density at radius 3 is 2.35 bits per heavy atom. The van der Waals surface area contributed by atoms with Crippen molar-refractivity contribution >= 4 is 23.4 Å². The van der Waals surface area contributed by atoms with Crippen LogP contribution in [0, 0.1) is 11.8 Å². The number of nitrogens with two attached hydrogens (primary N) is 1. The van der Waals surface area contributed by atoms with Crippen LogP contribution in [0.2, 0.25) is 0 Å². The Labute approximate surface area is 136 Å². The zero-order valence-corrected chi connectivity index (χ0v) is 13.5. The maximum Gasteiger partial charge on any atom is 0.248 e. The van der Waals surface area contributed by atoms with Crippen LogP contribution in [0.3, 0.4) is 0 Å². The lowest BCUT2D eigenvalue weighted by molar-refractivity contribution is -0.133. The third kappa shape index (κ3) is 4.55. The first kappa shape index (κ1) is 17.0. The summed E-state index contributed by atoms with van der Waals surface area (Å²) in [4.78, 5) is 36.9. The second kappa shape index (κ2) is 7.26. The molecule has 3 amide bonds. The average Bonchev–Trinajstić information content (AvgIpc) is 3.25. The number of amides is 3. The quantitative estimate of drug-likeness (QED) is 0.800. The topological polar surface area (TPSA) is 92.5 Å². The number of primary amides is 1. The van der Waals surface area contributed by atoms with Crippen LogP contribution in [-0.4, -0.2) is 35.7 Å². The van der Waals surface area contributed by atoms with Crippen molar-refractivity contribution in [3.63, 3.8) is 0 Å². The second-order valence-electron chi connectivity index (χ2n) is 5.98. The molecule has 1 aliphatic carbocycles. The Morgan fingerprint density at radius 2 is 1.87 bits per heavy atom. The van der Waals surface area contributed by atoms with Crippen molar-refractivity contribution in [2.24, 2.45) is 17.6 Å². The van der Waals surface area contributed by atoms with Crippen LogP contribution >= 0.6 is 0 Å². The molecule has 0 aliphatic heterocycles. The summed E-state index contributed by atoms with van der Waals surface area (Å²) in [6, 6.07) is 6.39. The van der Waals surface area contributed by atoms with E-state index in [9.17, 15) is 14.4 Å². The normalized spacial score (nSPS) is 19.0. The average molecular weight is 317 g/mol. The molecule has 1 aromatic rings. The summed E-state index contributed by atoms with van der Waals surface area (Å²) in [5.74, 6) is 0.0910. The van der Waals surface area contributed by atoms with Gasteiger partial charge in [0, 0.05) is 36.7 Å². The fraction of sp³-hybridized carbons (Fsp3) is 0.471. The van der Waals surface area contributed by atoms with E-state index in [4.69, 9.17) is 5.73 Å². The summed E-state index contributed by atoms with van der Waals surface area (Å²) in [6.07, 6.45) is 1.20. The standard InChI is InChI=1S/C17H23N3O3/c1-3-20(17(23)14-10-11(14)2)9-8-15(21)19-13-6-4-12(5-7-13)16(18)22/h4-7,11,14H,3,8-10H2,1-2H3,(H2,18,22)(H,19,21)/t11-,14+/m0/s1. The highest BCUT2D eigenvalue weighted by Gasteiger charge is 2.41. The molecule has 124 valence electrons. The highest BCUT2D eigenvalue weighted by molar-refractivity contribution is 5.95. The minimum atomic E-state index is -0.505. The van der Waals surface area contributed by atoms with Crippen LogP contribution in [0.25, 0.3) is 0 Å². The molecule has 3 N–H and O–H groups in total. The number of nitrogens with zero attached hydrogens (tertiary/aromatic N) is 1. The molecule has 1 saturated carbocycles. The van der Waals surface area contributed by atoms with Crippen molar-refractivity contribution in [3.05, 3.63) is 29.8 Å². The largest absolute Gasteiger partial charge is 0.366 e. The molecule has 0 unspecified atom stereocenters. The van der Waals surface area contributed by atoms with E-state index in [0.717, 1.165) is 6.42 Å². The molecule has 2 rings (SSSR count). The van der Waals surface area contributed by atoms with Crippen molar-refractivity contribution in [3.8, 4) is 0 Å². The molecule has 6 heteroatoms. The fourth-order valence-corrected chi connectivity index (χ4v) is 2.50. The lowest BCUT2D eigenvalue weighted by atomic mass is 10.2. The second-order valence-corrected chi connectivity index (χ2v) is 5.98. The highest BCUT2D eigenvalue weighted by Crippen LogP contribution is 2.39. The number of hydrogen-bond donors (Lipinski definition) is 2. The van der Waals surface area contributed by atoms with E-state index in [0.29, 0.717) is 30.3 Å². The van der Waals surface area contributed by atoms with Crippen molar-refractivity contribution in [2.75, 3.05) is 18.4 Å². The monoisotopic (exact) mass is 317 g/mol. The maximum atomic E-state index is 12.2. The first-order valence-electron chi connectivity index (χ1n) is 7.90. The third-order valence-corrected chi connectivity index (χ3v) is 4.18. The molecule has 6 nitrogen and oxygen atoms in total. The summed E-state index contributed by atoms with van der Waals surface area (Å²) < 4.78 is 0. The maximum absolute atomic E-state index is 12.2. The fourth-order valence-electron chi connectivity index (χ4n) is 2.50. The Bertz CT molecular complexity index is 598. The molecule has 0 radical (unpaired) electrons. The van der Waals surface area contributed by atoms with E-state index < -0.39 is 5.91 Å². The molecule has 23 heavy (non-hydrogen) atoms. The Balaban J connectivity index is 1.81. The minimum Gasteiger partial charge on any atom is -0.366 e. The van der Waals surface area contributed by atoms with Crippen molar-refractivity contribution in [1.82, 2.24) is 4.90 Å². The van der Waals surface area contributed by atoms with Gasteiger partial charge in [0.15, 0.2) is 0 Å². The number of carbonyl (C=O) groups excluding carboxylic acids is 3. The van der Waals surface area contributed by atoms with Crippen LogP contribution in [0.15, 0.2) is 24.3 Å². The number of rotatable bonds is 7. The first-order valence-corrected chi connectivity index (χ1v) is 7.90. The van der Waals surface area contributed by atoms with Gasteiger partial charge in [0.25, 0.3) is 0 Å². The zero-order valence-electron chi connectivity index (χ0n) is 13.5. The van der Waals surface area contributed by atoms with E-state index in [2.05, 4.69) is 12.2 Å². The van der Waals surface area contributed by atoms with E-state index in [1.807, 2.05) is 6.92 Å². The van der Waals surface area contributed by atoms with Crippen LogP contribution in [0.5, 0.6) is 0 Å². The van der Waals surface area contributed by atoms with Gasteiger partial charge in [-0.05, 0) is 43.5 Å². The lowest BCUT2D eigenvalue weighted by Gasteiger charge is -2.20. The molecule has 0 heterocycles. The van der Waals surface area contributed by atoms with Gasteiger partial charge in [-0.1, -0.05) is 6.92 Å². The third-order valence-electron chi connectivity index (χ3n) is 4.18. The van der Waals surface area contributed by atoms with E-state index in [-0.39, 0.29) is 24.2 Å². The van der Waals surface area contributed by atoms with Gasteiger partial charge in [-0.3, -0.25) is 14.4 Å². The Morgan fingerprint density at radius 1 is 1.26 bits per heavy atom. The van der Waals surface area contributed by atoms with Gasteiger partial charge in [0.2, 0.25) is 17.7 Å². The van der Waals surface area contributed by atoms with Crippen LogP contribution < -0.4 is 11.1 Å². The Kier molecular flexibility index (Phi) is 5.36.